The molecule has 4 heterocycles. The zero-order chi connectivity index (χ0) is 22.3. The van der Waals surface area contributed by atoms with Crippen molar-refractivity contribution >= 4 is 38.4 Å². The number of hydrogen-bond acceptors (Lipinski definition) is 6. The molecule has 0 radical (unpaired) electrons. The third-order valence-electron chi connectivity index (χ3n) is 5.40. The first-order valence-corrected chi connectivity index (χ1v) is 12.5. The van der Waals surface area contributed by atoms with Crippen LogP contribution in [0.25, 0.3) is 22.2 Å². The first kappa shape index (κ1) is 20.9. The number of nitrogens with zero attached hydrogens (tertiary/aromatic N) is 4. The van der Waals surface area contributed by atoms with Gasteiger partial charge >= 0.3 is 0 Å². The molecule has 1 fully saturated rings. The van der Waals surface area contributed by atoms with E-state index in [0.29, 0.717) is 35.2 Å². The van der Waals surface area contributed by atoms with E-state index in [4.69, 9.17) is 0 Å². The molecule has 0 unspecified atom stereocenters. The van der Waals surface area contributed by atoms with Gasteiger partial charge in [-0.05, 0) is 30.3 Å². The largest absolute Gasteiger partial charge is 0.365 e. The molecule has 0 saturated carbocycles. The number of thioether (sulfide) groups is 1. The number of pyridine rings is 2. The smallest absolute Gasteiger partial charge is 0.268 e. The lowest BCUT2D eigenvalue weighted by Gasteiger charge is -2.29. The molecular weight excluding hydrogens is 454 g/mol. The number of aromatic nitrogens is 3. The summed E-state index contributed by atoms with van der Waals surface area (Å²) < 4.78 is 57.4. The van der Waals surface area contributed by atoms with Gasteiger partial charge < -0.3 is 4.90 Å². The van der Waals surface area contributed by atoms with Crippen LogP contribution in [-0.2, 0) is 10.0 Å². The minimum atomic E-state index is -4.26. The minimum Gasteiger partial charge on any atom is -0.365 e. The average Bonchev–Trinajstić information content (AvgIpc) is 3.25. The number of halogens is 2. The van der Waals surface area contributed by atoms with Gasteiger partial charge in [0, 0.05) is 54.1 Å². The van der Waals surface area contributed by atoms with Gasteiger partial charge in [0.2, 0.25) is 0 Å². The second-order valence-electron chi connectivity index (χ2n) is 7.29. The third-order valence-corrected chi connectivity index (χ3v) is 8.01. The molecule has 0 N–H and O–H groups in total. The lowest BCUT2D eigenvalue weighted by molar-refractivity contribution is 0.558. The normalized spacial score (nSPS) is 14.8. The second kappa shape index (κ2) is 8.18. The average molecular weight is 473 g/mol. The first-order chi connectivity index (χ1) is 15.5. The summed E-state index contributed by atoms with van der Waals surface area (Å²) in [6.45, 7) is 1.02. The van der Waals surface area contributed by atoms with E-state index >= 15 is 0 Å². The number of hydrogen-bond donors (Lipinski definition) is 0. The van der Waals surface area contributed by atoms with E-state index in [0.717, 1.165) is 27.6 Å². The quantitative estimate of drug-likeness (QED) is 0.444. The van der Waals surface area contributed by atoms with Crippen LogP contribution in [0.2, 0.25) is 0 Å². The Bertz CT molecular complexity index is 1380. The number of rotatable bonds is 4. The maximum Gasteiger partial charge on any atom is 0.268 e. The van der Waals surface area contributed by atoms with E-state index in [2.05, 4.69) is 9.97 Å². The van der Waals surface area contributed by atoms with E-state index in [9.17, 15) is 17.2 Å². The molecule has 1 aliphatic heterocycles. The molecule has 10 heteroatoms. The summed E-state index contributed by atoms with van der Waals surface area (Å²) in [6.07, 6.45) is 6.01. The van der Waals surface area contributed by atoms with Crippen LogP contribution in [0.4, 0.5) is 14.5 Å². The third kappa shape index (κ3) is 3.53. The fraction of sp³-hybridized carbons (Fsp3) is 0.182. The Morgan fingerprint density at radius 3 is 2.44 bits per heavy atom. The standard InChI is InChI=1S/C22H18F2N4O2S2/c23-18-11-15(12-19(24)22(18)27-7-9-31-10-8-27)32(29,30)28-6-4-16-17(13-25-14-21(16)28)20-3-1-2-5-26-20/h1-6,11-14H,7-10H2. The zero-order valence-electron chi connectivity index (χ0n) is 16.8. The van der Waals surface area contributed by atoms with Crippen LogP contribution in [-0.4, -0.2) is 47.0 Å². The van der Waals surface area contributed by atoms with E-state index in [1.165, 1.54) is 12.4 Å². The molecule has 1 aliphatic rings. The van der Waals surface area contributed by atoms with Crippen LogP contribution in [0.3, 0.4) is 0 Å². The Morgan fingerprint density at radius 1 is 1.00 bits per heavy atom. The summed E-state index contributed by atoms with van der Waals surface area (Å²) in [4.78, 5) is 9.62. The van der Waals surface area contributed by atoms with Crippen molar-refractivity contribution in [2.24, 2.45) is 0 Å². The highest BCUT2D eigenvalue weighted by molar-refractivity contribution is 7.99. The highest BCUT2D eigenvalue weighted by Gasteiger charge is 2.26. The van der Waals surface area contributed by atoms with Gasteiger partial charge in [-0.25, -0.2) is 21.2 Å². The molecule has 6 nitrogen and oxygen atoms in total. The van der Waals surface area contributed by atoms with Gasteiger partial charge in [-0.1, -0.05) is 6.07 Å². The minimum absolute atomic E-state index is 0.180. The molecular formula is C22H18F2N4O2S2. The van der Waals surface area contributed by atoms with Gasteiger partial charge in [0.25, 0.3) is 10.0 Å². The Hall–Kier alpha value is -2.98. The summed E-state index contributed by atoms with van der Waals surface area (Å²) >= 11 is 1.72. The van der Waals surface area contributed by atoms with Crippen molar-refractivity contribution in [3.63, 3.8) is 0 Å². The molecule has 32 heavy (non-hydrogen) atoms. The predicted octanol–water partition coefficient (Wildman–Crippen LogP) is 4.17. The Balaban J connectivity index is 1.60. The first-order valence-electron chi connectivity index (χ1n) is 9.90. The van der Waals surface area contributed by atoms with Crippen LogP contribution in [0.5, 0.6) is 0 Å². The van der Waals surface area contributed by atoms with Gasteiger partial charge in [0.05, 0.1) is 22.3 Å². The van der Waals surface area contributed by atoms with Crippen LogP contribution in [0, 0.1) is 11.6 Å². The lowest BCUT2D eigenvalue weighted by atomic mass is 10.1. The molecule has 0 aliphatic carbocycles. The molecule has 0 spiro atoms. The monoisotopic (exact) mass is 472 g/mol. The van der Waals surface area contributed by atoms with Crippen molar-refractivity contribution in [1.29, 1.82) is 0 Å². The van der Waals surface area contributed by atoms with Crippen LogP contribution < -0.4 is 4.90 Å². The van der Waals surface area contributed by atoms with Gasteiger partial charge in [-0.2, -0.15) is 11.8 Å². The Labute approximate surface area is 188 Å². The lowest BCUT2D eigenvalue weighted by Crippen LogP contribution is -2.34. The summed E-state index contributed by atoms with van der Waals surface area (Å²) in [6, 6.07) is 8.80. The number of benzene rings is 1. The summed E-state index contributed by atoms with van der Waals surface area (Å²) in [5.41, 5.74) is 1.42. The van der Waals surface area contributed by atoms with Crippen LogP contribution >= 0.6 is 11.8 Å². The van der Waals surface area contributed by atoms with E-state index < -0.39 is 26.6 Å². The zero-order valence-corrected chi connectivity index (χ0v) is 18.4. The molecule has 4 aromatic rings. The molecule has 3 aromatic heterocycles. The fourth-order valence-corrected chi connectivity index (χ4v) is 6.12. The Morgan fingerprint density at radius 2 is 1.75 bits per heavy atom. The van der Waals surface area contributed by atoms with Gasteiger partial charge in [0.15, 0.2) is 11.6 Å². The van der Waals surface area contributed by atoms with Gasteiger partial charge in [-0.3, -0.25) is 9.97 Å². The van der Waals surface area contributed by atoms with Crippen LogP contribution in [0.1, 0.15) is 0 Å². The summed E-state index contributed by atoms with van der Waals surface area (Å²) in [5.74, 6) is -0.252. The fourth-order valence-electron chi connectivity index (χ4n) is 3.86. The molecule has 0 atom stereocenters. The van der Waals surface area contributed by atoms with Crippen molar-refractivity contribution in [2.45, 2.75) is 4.90 Å². The van der Waals surface area contributed by atoms with Gasteiger partial charge in [0.1, 0.15) is 5.69 Å². The molecule has 0 bridgehead atoms. The highest BCUT2D eigenvalue weighted by atomic mass is 32.2. The number of anilines is 1. The van der Waals surface area contributed by atoms with Crippen molar-refractivity contribution in [2.75, 3.05) is 29.5 Å². The molecule has 164 valence electrons. The van der Waals surface area contributed by atoms with E-state index in [-0.39, 0.29) is 5.69 Å². The van der Waals surface area contributed by atoms with E-state index in [1.807, 2.05) is 6.07 Å². The maximum atomic E-state index is 14.9. The molecule has 0 amide bonds. The summed E-state index contributed by atoms with van der Waals surface area (Å²) in [7, 11) is -4.26. The SMILES string of the molecule is O=S(=O)(c1cc(F)c(N2CCSCC2)c(F)c1)n1ccc2c(-c3ccccn3)cncc21. The Kier molecular flexibility index (Phi) is 5.34. The highest BCUT2D eigenvalue weighted by Crippen LogP contribution is 2.32. The topological polar surface area (TPSA) is 68.1 Å². The van der Waals surface area contributed by atoms with E-state index in [1.54, 1.807) is 47.3 Å². The summed E-state index contributed by atoms with van der Waals surface area (Å²) in [5, 5.41) is 0.616. The molecule has 1 saturated heterocycles. The number of fused-ring (bicyclic) bond motifs is 1. The van der Waals surface area contributed by atoms with Crippen molar-refractivity contribution in [3.05, 3.63) is 72.8 Å². The molecule has 5 rings (SSSR count). The molecule has 1 aromatic carbocycles. The van der Waals surface area contributed by atoms with Crippen molar-refractivity contribution in [3.8, 4) is 11.3 Å². The predicted molar refractivity (Wildman–Crippen MR) is 121 cm³/mol. The van der Waals surface area contributed by atoms with Crippen LogP contribution in [0.15, 0.2) is 66.1 Å². The van der Waals surface area contributed by atoms with Gasteiger partial charge in [-0.15, -0.1) is 0 Å². The van der Waals surface area contributed by atoms with Crippen molar-refractivity contribution in [1.82, 2.24) is 13.9 Å². The maximum absolute atomic E-state index is 14.9. The second-order valence-corrected chi connectivity index (χ2v) is 10.3. The van der Waals surface area contributed by atoms with Crippen molar-refractivity contribution < 1.29 is 17.2 Å².